The van der Waals surface area contributed by atoms with Crippen molar-refractivity contribution < 1.29 is 4.74 Å². The van der Waals surface area contributed by atoms with Gasteiger partial charge in [-0.15, -0.1) is 0 Å². The molecule has 1 aliphatic rings. The number of ether oxygens (including phenoxy) is 1. The molecule has 0 radical (unpaired) electrons. The van der Waals surface area contributed by atoms with Gasteiger partial charge < -0.3 is 15.4 Å². The van der Waals surface area contributed by atoms with E-state index in [0.29, 0.717) is 5.69 Å². The lowest BCUT2D eigenvalue weighted by molar-refractivity contribution is 0.417. The topological polar surface area (TPSA) is 38.5 Å². The molecule has 3 nitrogen and oxygen atoms in total. The van der Waals surface area contributed by atoms with Crippen molar-refractivity contribution in [3.63, 3.8) is 0 Å². The van der Waals surface area contributed by atoms with Gasteiger partial charge in [0.2, 0.25) is 0 Å². The van der Waals surface area contributed by atoms with Crippen LogP contribution in [0.3, 0.4) is 0 Å². The van der Waals surface area contributed by atoms with Gasteiger partial charge >= 0.3 is 0 Å². The van der Waals surface area contributed by atoms with E-state index in [0.717, 1.165) is 18.7 Å². The molecule has 0 fully saturated rings. The molecule has 0 atom stereocenters. The fraction of sp³-hybridized carbons (Fsp3) is 0.120. The second-order valence-corrected chi connectivity index (χ2v) is 7.57. The minimum atomic E-state index is 0.707. The number of methoxy groups -OCH3 is 1. The molecule has 28 heavy (non-hydrogen) atoms. The average Bonchev–Trinajstić information content (AvgIpc) is 3.13. The molecule has 0 saturated heterocycles. The Kier molecular flexibility index (Phi) is 3.07. The first kappa shape index (κ1) is 15.6. The molecule has 5 aromatic carbocycles. The van der Waals surface area contributed by atoms with Crippen molar-refractivity contribution in [1.29, 1.82) is 0 Å². The third kappa shape index (κ3) is 1.99. The van der Waals surface area contributed by atoms with E-state index in [-0.39, 0.29) is 0 Å². The summed E-state index contributed by atoms with van der Waals surface area (Å²) in [5, 5.41) is 7.88. The van der Waals surface area contributed by atoms with Crippen LogP contribution in [0.4, 0.5) is 17.1 Å². The fourth-order valence-corrected chi connectivity index (χ4v) is 4.82. The van der Waals surface area contributed by atoms with Crippen LogP contribution >= 0.6 is 0 Å². The van der Waals surface area contributed by atoms with Crippen LogP contribution in [0, 0.1) is 0 Å². The molecule has 6 rings (SSSR count). The van der Waals surface area contributed by atoms with Crippen molar-refractivity contribution in [2.24, 2.45) is 0 Å². The van der Waals surface area contributed by atoms with Gasteiger partial charge in [0.15, 0.2) is 0 Å². The van der Waals surface area contributed by atoms with E-state index in [2.05, 4.69) is 71.6 Å². The van der Waals surface area contributed by atoms with Gasteiger partial charge in [-0.3, -0.25) is 0 Å². The quantitative estimate of drug-likeness (QED) is 0.314. The highest BCUT2D eigenvalue weighted by Crippen LogP contribution is 2.44. The first-order valence-electron chi connectivity index (χ1n) is 9.65. The van der Waals surface area contributed by atoms with Crippen molar-refractivity contribution in [3.05, 3.63) is 72.3 Å². The zero-order chi connectivity index (χ0) is 18.8. The number of rotatable bonds is 2. The van der Waals surface area contributed by atoms with E-state index >= 15 is 0 Å². The maximum absolute atomic E-state index is 6.13. The van der Waals surface area contributed by atoms with Crippen LogP contribution in [0.25, 0.3) is 32.3 Å². The highest BCUT2D eigenvalue weighted by Gasteiger charge is 2.24. The van der Waals surface area contributed by atoms with Gasteiger partial charge in [0.05, 0.1) is 12.8 Å². The van der Waals surface area contributed by atoms with E-state index in [4.69, 9.17) is 10.5 Å². The predicted molar refractivity (Wildman–Crippen MR) is 118 cm³/mol. The van der Waals surface area contributed by atoms with Crippen LogP contribution < -0.4 is 15.4 Å². The number of nitrogens with two attached hydrogens (primary N) is 1. The third-order valence-corrected chi connectivity index (χ3v) is 6.12. The molecular weight excluding hydrogens is 344 g/mol. The standard InChI is InChI=1S/C25H20N2O/c1-28-23-14-22-18(13-20(23)26)11-12-27(22)21-10-8-17-6-5-15-3-2-4-16-7-9-19(21)25(17)24(15)16/h2-10,13-14H,11-12,26H2,1H3. The second kappa shape index (κ2) is 5.52. The third-order valence-electron chi connectivity index (χ3n) is 6.12. The Hall–Kier alpha value is -3.46. The highest BCUT2D eigenvalue weighted by atomic mass is 16.5. The molecule has 0 unspecified atom stereocenters. The van der Waals surface area contributed by atoms with Crippen LogP contribution in [-0.4, -0.2) is 13.7 Å². The lowest BCUT2D eigenvalue weighted by atomic mass is 9.93. The molecule has 2 N–H and O–H groups in total. The zero-order valence-electron chi connectivity index (χ0n) is 15.7. The van der Waals surface area contributed by atoms with Crippen molar-refractivity contribution in [3.8, 4) is 5.75 Å². The number of nitrogen functional groups attached to an aromatic ring is 1. The molecule has 0 spiro atoms. The lowest BCUT2D eigenvalue weighted by Crippen LogP contribution is -2.13. The van der Waals surface area contributed by atoms with Gasteiger partial charge in [0.1, 0.15) is 5.75 Å². The monoisotopic (exact) mass is 364 g/mol. The van der Waals surface area contributed by atoms with Crippen LogP contribution in [-0.2, 0) is 6.42 Å². The number of hydrogen-bond donors (Lipinski definition) is 1. The number of nitrogens with zero attached hydrogens (tertiary/aromatic N) is 1. The molecule has 3 heteroatoms. The van der Waals surface area contributed by atoms with E-state index in [1.54, 1.807) is 7.11 Å². The van der Waals surface area contributed by atoms with Crippen molar-refractivity contribution in [2.45, 2.75) is 6.42 Å². The van der Waals surface area contributed by atoms with Gasteiger partial charge in [0.25, 0.3) is 0 Å². The lowest BCUT2D eigenvalue weighted by Gasteiger charge is -2.24. The van der Waals surface area contributed by atoms with E-state index < -0.39 is 0 Å². The Morgan fingerprint density at radius 3 is 2.32 bits per heavy atom. The predicted octanol–water partition coefficient (Wildman–Crippen LogP) is 5.87. The van der Waals surface area contributed by atoms with E-state index in [9.17, 15) is 0 Å². The Bertz CT molecular complexity index is 1360. The summed E-state index contributed by atoms with van der Waals surface area (Å²) in [4.78, 5) is 2.41. The van der Waals surface area contributed by atoms with Gasteiger partial charge in [-0.2, -0.15) is 0 Å². The minimum Gasteiger partial charge on any atom is -0.495 e. The van der Waals surface area contributed by atoms with Crippen molar-refractivity contribution in [1.82, 2.24) is 0 Å². The molecule has 0 aliphatic carbocycles. The number of hydrogen-bond acceptors (Lipinski definition) is 3. The first-order valence-corrected chi connectivity index (χ1v) is 9.65. The normalized spacial score (nSPS) is 13.7. The minimum absolute atomic E-state index is 0.707. The molecule has 1 aliphatic heterocycles. The maximum atomic E-state index is 6.13. The number of anilines is 3. The molecule has 1 heterocycles. The Morgan fingerprint density at radius 2 is 1.54 bits per heavy atom. The van der Waals surface area contributed by atoms with Crippen molar-refractivity contribution >= 4 is 49.4 Å². The Balaban J connectivity index is 1.65. The zero-order valence-corrected chi connectivity index (χ0v) is 15.7. The van der Waals surface area contributed by atoms with Crippen LogP contribution in [0.15, 0.2) is 66.7 Å². The summed E-state index contributed by atoms with van der Waals surface area (Å²) >= 11 is 0. The molecule has 0 saturated carbocycles. The molecule has 5 aromatic rings. The summed E-state index contributed by atoms with van der Waals surface area (Å²) in [6.45, 7) is 0.950. The van der Waals surface area contributed by atoms with Gasteiger partial charge in [-0.05, 0) is 51.0 Å². The summed E-state index contributed by atoms with van der Waals surface area (Å²) in [7, 11) is 1.67. The maximum Gasteiger partial charge on any atom is 0.143 e. The molecule has 136 valence electrons. The van der Waals surface area contributed by atoms with Crippen molar-refractivity contribution in [2.75, 3.05) is 24.3 Å². The van der Waals surface area contributed by atoms with Gasteiger partial charge in [-0.1, -0.05) is 48.5 Å². The van der Waals surface area contributed by atoms with Crippen LogP contribution in [0.1, 0.15) is 5.56 Å². The first-order chi connectivity index (χ1) is 13.7. The smallest absolute Gasteiger partial charge is 0.143 e. The molecule has 0 amide bonds. The van der Waals surface area contributed by atoms with Crippen LogP contribution in [0.5, 0.6) is 5.75 Å². The number of fused-ring (bicyclic) bond motifs is 1. The molecule has 0 bridgehead atoms. The number of benzene rings is 5. The van der Waals surface area contributed by atoms with Gasteiger partial charge in [0, 0.05) is 29.4 Å². The molecule has 0 aromatic heterocycles. The van der Waals surface area contributed by atoms with E-state index in [1.165, 1.54) is 49.3 Å². The summed E-state index contributed by atoms with van der Waals surface area (Å²) in [5.74, 6) is 0.739. The van der Waals surface area contributed by atoms with E-state index in [1.807, 2.05) is 0 Å². The summed E-state index contributed by atoms with van der Waals surface area (Å²) in [5.41, 5.74) is 10.6. The highest BCUT2D eigenvalue weighted by molar-refractivity contribution is 6.25. The summed E-state index contributed by atoms with van der Waals surface area (Å²) < 4.78 is 5.48. The van der Waals surface area contributed by atoms with Crippen LogP contribution in [0.2, 0.25) is 0 Å². The second-order valence-electron chi connectivity index (χ2n) is 7.57. The molecular formula is C25H20N2O. The summed E-state index contributed by atoms with van der Waals surface area (Å²) in [6, 6.07) is 24.1. The SMILES string of the molecule is COc1cc2c(cc1N)CCN2c1ccc2ccc3cccc4ccc1c2c34. The fourth-order valence-electron chi connectivity index (χ4n) is 4.82. The Morgan fingerprint density at radius 1 is 0.821 bits per heavy atom. The van der Waals surface area contributed by atoms with Gasteiger partial charge in [-0.25, -0.2) is 0 Å². The average molecular weight is 364 g/mol. The Labute approximate surface area is 163 Å². The largest absolute Gasteiger partial charge is 0.495 e. The summed E-state index contributed by atoms with van der Waals surface area (Å²) in [6.07, 6.45) is 0.992.